The SMILES string of the molecule is CCNC(=O)NCCCCCOC(=O)/C=C/C(=O)OC. The number of methoxy groups -OCH3 is 1. The summed E-state index contributed by atoms with van der Waals surface area (Å²) in [6, 6.07) is -0.174. The fourth-order valence-electron chi connectivity index (χ4n) is 1.25. The van der Waals surface area contributed by atoms with E-state index >= 15 is 0 Å². The first kappa shape index (κ1) is 17.9. The number of ether oxygens (including phenoxy) is 2. The van der Waals surface area contributed by atoms with Crippen molar-refractivity contribution in [1.29, 1.82) is 0 Å². The number of unbranched alkanes of at least 4 members (excludes halogenated alkanes) is 2. The first-order valence-electron chi connectivity index (χ1n) is 6.54. The molecular weight excluding hydrogens is 264 g/mol. The summed E-state index contributed by atoms with van der Waals surface area (Å²) in [6.45, 7) is 3.32. The highest BCUT2D eigenvalue weighted by Gasteiger charge is 2.00. The zero-order chi connectivity index (χ0) is 15.2. The molecule has 2 amide bonds. The van der Waals surface area contributed by atoms with Crippen LogP contribution in [0.5, 0.6) is 0 Å². The summed E-state index contributed by atoms with van der Waals surface area (Å²) in [5, 5.41) is 5.33. The van der Waals surface area contributed by atoms with E-state index in [-0.39, 0.29) is 12.6 Å². The molecule has 0 heterocycles. The van der Waals surface area contributed by atoms with Gasteiger partial charge in [0.1, 0.15) is 0 Å². The number of hydrogen-bond acceptors (Lipinski definition) is 5. The van der Waals surface area contributed by atoms with Gasteiger partial charge in [0.2, 0.25) is 0 Å². The van der Waals surface area contributed by atoms with Crippen LogP contribution in [0.1, 0.15) is 26.2 Å². The van der Waals surface area contributed by atoms with Crippen LogP contribution >= 0.6 is 0 Å². The number of carbonyl (C=O) groups excluding carboxylic acids is 3. The molecule has 20 heavy (non-hydrogen) atoms. The fourth-order valence-corrected chi connectivity index (χ4v) is 1.25. The number of urea groups is 1. The summed E-state index contributed by atoms with van der Waals surface area (Å²) in [7, 11) is 1.23. The number of esters is 2. The zero-order valence-electron chi connectivity index (χ0n) is 11.9. The van der Waals surface area contributed by atoms with Crippen LogP contribution in [0.15, 0.2) is 12.2 Å². The molecular formula is C13H22N2O5. The van der Waals surface area contributed by atoms with Crippen LogP contribution in [-0.2, 0) is 19.1 Å². The van der Waals surface area contributed by atoms with Crippen molar-refractivity contribution in [3.8, 4) is 0 Å². The van der Waals surface area contributed by atoms with Crippen LogP contribution in [0.4, 0.5) is 4.79 Å². The fraction of sp³-hybridized carbons (Fsp3) is 0.615. The molecule has 0 fully saturated rings. The average Bonchev–Trinajstić information content (AvgIpc) is 2.43. The van der Waals surface area contributed by atoms with Gasteiger partial charge < -0.3 is 20.1 Å². The molecule has 0 aromatic carbocycles. The van der Waals surface area contributed by atoms with Gasteiger partial charge in [-0.05, 0) is 26.2 Å². The minimum absolute atomic E-state index is 0.174. The van der Waals surface area contributed by atoms with E-state index in [1.807, 2.05) is 6.92 Å². The first-order valence-corrected chi connectivity index (χ1v) is 6.54. The van der Waals surface area contributed by atoms with Crippen molar-refractivity contribution in [1.82, 2.24) is 10.6 Å². The molecule has 0 aromatic heterocycles. The molecule has 0 rings (SSSR count). The van der Waals surface area contributed by atoms with Crippen LogP contribution in [0.25, 0.3) is 0 Å². The van der Waals surface area contributed by atoms with Crippen LogP contribution in [0, 0.1) is 0 Å². The normalized spacial score (nSPS) is 10.1. The van der Waals surface area contributed by atoms with E-state index in [9.17, 15) is 14.4 Å². The lowest BCUT2D eigenvalue weighted by Crippen LogP contribution is -2.35. The van der Waals surface area contributed by atoms with Crippen LogP contribution in [-0.4, -0.2) is 44.8 Å². The molecule has 0 saturated carbocycles. The lowest BCUT2D eigenvalue weighted by atomic mass is 10.2. The van der Waals surface area contributed by atoms with Crippen LogP contribution in [0.3, 0.4) is 0 Å². The maximum absolute atomic E-state index is 11.1. The summed E-state index contributed by atoms with van der Waals surface area (Å²) < 4.78 is 9.20. The number of nitrogens with one attached hydrogen (secondary N) is 2. The van der Waals surface area contributed by atoms with E-state index in [1.54, 1.807) is 0 Å². The molecule has 0 aliphatic rings. The minimum Gasteiger partial charge on any atom is -0.466 e. The molecule has 0 saturated heterocycles. The highest BCUT2D eigenvalue weighted by molar-refractivity contribution is 5.91. The van der Waals surface area contributed by atoms with E-state index in [2.05, 4.69) is 15.4 Å². The Balaban J connectivity index is 3.44. The van der Waals surface area contributed by atoms with Gasteiger partial charge in [0, 0.05) is 25.2 Å². The molecule has 2 N–H and O–H groups in total. The Hall–Kier alpha value is -2.05. The van der Waals surface area contributed by atoms with E-state index in [1.165, 1.54) is 7.11 Å². The largest absolute Gasteiger partial charge is 0.466 e. The van der Waals surface area contributed by atoms with Crippen molar-refractivity contribution in [2.75, 3.05) is 26.8 Å². The molecule has 0 aliphatic heterocycles. The Morgan fingerprint density at radius 3 is 2.35 bits per heavy atom. The summed E-state index contributed by atoms with van der Waals surface area (Å²) in [5.74, 6) is -1.17. The smallest absolute Gasteiger partial charge is 0.331 e. The Morgan fingerprint density at radius 2 is 1.70 bits per heavy atom. The summed E-state index contributed by atoms with van der Waals surface area (Å²) in [6.07, 6.45) is 4.39. The van der Waals surface area contributed by atoms with Crippen molar-refractivity contribution in [3.05, 3.63) is 12.2 Å². The standard InChI is InChI=1S/C13H22N2O5/c1-3-14-13(18)15-9-5-4-6-10-20-12(17)8-7-11(16)19-2/h7-8H,3-6,9-10H2,1-2H3,(H2,14,15,18)/b8-7+. The number of amides is 2. The molecule has 0 spiro atoms. The topological polar surface area (TPSA) is 93.7 Å². The molecule has 0 bridgehead atoms. The second-order valence-electron chi connectivity index (χ2n) is 3.87. The molecule has 0 radical (unpaired) electrons. The third-order valence-electron chi connectivity index (χ3n) is 2.25. The van der Waals surface area contributed by atoms with Gasteiger partial charge >= 0.3 is 18.0 Å². The van der Waals surface area contributed by atoms with Crippen molar-refractivity contribution in [2.24, 2.45) is 0 Å². The minimum atomic E-state index is -0.599. The van der Waals surface area contributed by atoms with Gasteiger partial charge in [-0.3, -0.25) is 0 Å². The Morgan fingerprint density at radius 1 is 1.00 bits per heavy atom. The van der Waals surface area contributed by atoms with Gasteiger partial charge in [-0.2, -0.15) is 0 Å². The third-order valence-corrected chi connectivity index (χ3v) is 2.25. The summed E-state index contributed by atoms with van der Waals surface area (Å²) >= 11 is 0. The highest BCUT2D eigenvalue weighted by atomic mass is 16.5. The maximum atomic E-state index is 11.1. The second-order valence-corrected chi connectivity index (χ2v) is 3.87. The molecule has 7 nitrogen and oxygen atoms in total. The first-order chi connectivity index (χ1) is 9.60. The molecule has 7 heteroatoms. The van der Waals surface area contributed by atoms with Gasteiger partial charge in [0.15, 0.2) is 0 Å². The lowest BCUT2D eigenvalue weighted by Gasteiger charge is -2.05. The average molecular weight is 286 g/mol. The number of carbonyl (C=O) groups is 3. The van der Waals surface area contributed by atoms with Gasteiger partial charge in [-0.25, -0.2) is 14.4 Å². The molecule has 114 valence electrons. The lowest BCUT2D eigenvalue weighted by molar-refractivity contribution is -0.139. The van der Waals surface area contributed by atoms with Crippen molar-refractivity contribution in [3.63, 3.8) is 0 Å². The molecule has 0 atom stereocenters. The Kier molecular flexibility index (Phi) is 10.8. The van der Waals surface area contributed by atoms with E-state index in [0.29, 0.717) is 19.5 Å². The number of hydrogen-bond donors (Lipinski definition) is 2. The highest BCUT2D eigenvalue weighted by Crippen LogP contribution is 1.95. The monoisotopic (exact) mass is 286 g/mol. The second kappa shape index (κ2) is 12.0. The molecule has 0 aliphatic carbocycles. The van der Waals surface area contributed by atoms with Gasteiger partial charge in [0.05, 0.1) is 13.7 Å². The molecule has 0 aromatic rings. The van der Waals surface area contributed by atoms with E-state index in [4.69, 9.17) is 4.74 Å². The third kappa shape index (κ3) is 11.1. The maximum Gasteiger partial charge on any atom is 0.331 e. The summed E-state index contributed by atoms with van der Waals surface area (Å²) in [5.41, 5.74) is 0. The van der Waals surface area contributed by atoms with Gasteiger partial charge in [-0.1, -0.05) is 0 Å². The Labute approximate surface area is 118 Å². The predicted molar refractivity (Wildman–Crippen MR) is 73.0 cm³/mol. The van der Waals surface area contributed by atoms with E-state index in [0.717, 1.165) is 25.0 Å². The number of rotatable bonds is 9. The van der Waals surface area contributed by atoms with Crippen molar-refractivity contribution in [2.45, 2.75) is 26.2 Å². The van der Waals surface area contributed by atoms with E-state index < -0.39 is 11.9 Å². The van der Waals surface area contributed by atoms with Crippen LogP contribution < -0.4 is 10.6 Å². The zero-order valence-corrected chi connectivity index (χ0v) is 11.9. The molecule has 0 unspecified atom stereocenters. The van der Waals surface area contributed by atoms with Crippen molar-refractivity contribution >= 4 is 18.0 Å². The van der Waals surface area contributed by atoms with Gasteiger partial charge in [0.25, 0.3) is 0 Å². The predicted octanol–water partition coefficient (Wildman–Crippen LogP) is 0.748. The van der Waals surface area contributed by atoms with Gasteiger partial charge in [-0.15, -0.1) is 0 Å². The van der Waals surface area contributed by atoms with Crippen LogP contribution in [0.2, 0.25) is 0 Å². The Bertz CT molecular complexity index is 342. The summed E-state index contributed by atoms with van der Waals surface area (Å²) in [4.78, 5) is 32.9. The van der Waals surface area contributed by atoms with Crippen molar-refractivity contribution < 1.29 is 23.9 Å². The quantitative estimate of drug-likeness (QED) is 0.370.